The number of nitrogens with zero attached hydrogens (tertiary/aromatic N) is 2. The lowest BCUT2D eigenvalue weighted by molar-refractivity contribution is -0.152. The summed E-state index contributed by atoms with van der Waals surface area (Å²) in [7, 11) is 3.26. The second-order valence-corrected chi connectivity index (χ2v) is 3.97. The van der Waals surface area contributed by atoms with Gasteiger partial charge in [-0.15, -0.1) is 0 Å². The van der Waals surface area contributed by atoms with Crippen LogP contribution in [0.3, 0.4) is 0 Å². The van der Waals surface area contributed by atoms with Crippen LogP contribution in [0.25, 0.3) is 0 Å². The molecule has 6 heteroatoms. The van der Waals surface area contributed by atoms with Crippen molar-refractivity contribution in [2.24, 2.45) is 0 Å². The number of carboxylic acids is 1. The molecule has 1 unspecified atom stereocenters. The molecule has 0 aliphatic carbocycles. The maximum Gasteiger partial charge on any atom is 0.321 e. The molecule has 1 fully saturated rings. The van der Waals surface area contributed by atoms with Crippen LogP contribution < -0.4 is 0 Å². The molecule has 0 amide bonds. The Morgan fingerprint density at radius 2 is 1.88 bits per heavy atom. The highest BCUT2D eigenvalue weighted by atomic mass is 16.5. The molecule has 0 bridgehead atoms. The standard InChI is InChI=1S/C10H18N2O4/c1-11-3-5-12(6-4-11)8(10(14)15)7-9(13)16-2/h8H,3-7H2,1-2H3,(H,14,15). The second-order valence-electron chi connectivity index (χ2n) is 3.97. The molecule has 0 spiro atoms. The number of aliphatic carboxylic acids is 1. The van der Waals surface area contributed by atoms with Crippen LogP contribution in [0.15, 0.2) is 0 Å². The maximum absolute atomic E-state index is 11.1. The lowest BCUT2D eigenvalue weighted by Crippen LogP contribution is -2.52. The summed E-state index contributed by atoms with van der Waals surface area (Å²) < 4.78 is 4.50. The molecule has 0 radical (unpaired) electrons. The van der Waals surface area contributed by atoms with E-state index >= 15 is 0 Å². The zero-order valence-electron chi connectivity index (χ0n) is 9.68. The summed E-state index contributed by atoms with van der Waals surface area (Å²) >= 11 is 0. The van der Waals surface area contributed by atoms with Gasteiger partial charge in [-0.1, -0.05) is 0 Å². The number of carbonyl (C=O) groups is 2. The first-order valence-electron chi connectivity index (χ1n) is 5.27. The number of likely N-dealkylation sites (N-methyl/N-ethyl adjacent to an activating group) is 1. The van der Waals surface area contributed by atoms with E-state index in [0.717, 1.165) is 13.1 Å². The lowest BCUT2D eigenvalue weighted by Gasteiger charge is -2.35. The topological polar surface area (TPSA) is 70.1 Å². The first kappa shape index (κ1) is 12.9. The lowest BCUT2D eigenvalue weighted by atomic mass is 10.1. The molecule has 1 aliphatic heterocycles. The minimum absolute atomic E-state index is 0.0878. The fraction of sp³-hybridized carbons (Fsp3) is 0.800. The van der Waals surface area contributed by atoms with E-state index in [1.165, 1.54) is 7.11 Å². The van der Waals surface area contributed by atoms with Crippen LogP contribution in [-0.2, 0) is 14.3 Å². The van der Waals surface area contributed by atoms with Gasteiger partial charge in [-0.2, -0.15) is 0 Å². The average molecular weight is 230 g/mol. The number of carbonyl (C=O) groups excluding carboxylic acids is 1. The van der Waals surface area contributed by atoms with Gasteiger partial charge in [0, 0.05) is 26.2 Å². The van der Waals surface area contributed by atoms with Gasteiger partial charge in [-0.25, -0.2) is 0 Å². The Hall–Kier alpha value is -1.14. The smallest absolute Gasteiger partial charge is 0.321 e. The van der Waals surface area contributed by atoms with Crippen molar-refractivity contribution < 1.29 is 19.4 Å². The fourth-order valence-electron chi connectivity index (χ4n) is 1.75. The second kappa shape index (κ2) is 5.81. The van der Waals surface area contributed by atoms with Gasteiger partial charge in [0.25, 0.3) is 0 Å². The van der Waals surface area contributed by atoms with E-state index in [0.29, 0.717) is 13.1 Å². The Bertz CT molecular complexity index is 262. The Morgan fingerprint density at radius 3 is 2.31 bits per heavy atom. The number of hydrogen-bond acceptors (Lipinski definition) is 5. The van der Waals surface area contributed by atoms with Crippen LogP contribution in [0.5, 0.6) is 0 Å². The molecular weight excluding hydrogens is 212 g/mol. The van der Waals surface area contributed by atoms with E-state index in [-0.39, 0.29) is 6.42 Å². The summed E-state index contributed by atoms with van der Waals surface area (Å²) in [5.74, 6) is -1.44. The van der Waals surface area contributed by atoms with Crippen molar-refractivity contribution in [3.05, 3.63) is 0 Å². The van der Waals surface area contributed by atoms with Gasteiger partial charge in [0.15, 0.2) is 0 Å². The zero-order chi connectivity index (χ0) is 12.1. The summed E-state index contributed by atoms with van der Waals surface area (Å²) in [5.41, 5.74) is 0. The van der Waals surface area contributed by atoms with Crippen molar-refractivity contribution >= 4 is 11.9 Å². The van der Waals surface area contributed by atoms with E-state index < -0.39 is 18.0 Å². The van der Waals surface area contributed by atoms with Gasteiger partial charge >= 0.3 is 11.9 Å². The predicted octanol–water partition coefficient (Wildman–Crippen LogP) is -0.750. The third-order valence-electron chi connectivity index (χ3n) is 2.85. The van der Waals surface area contributed by atoms with E-state index in [4.69, 9.17) is 5.11 Å². The van der Waals surface area contributed by atoms with Crippen molar-refractivity contribution in [3.63, 3.8) is 0 Å². The molecule has 1 rings (SSSR count). The fourth-order valence-corrected chi connectivity index (χ4v) is 1.75. The van der Waals surface area contributed by atoms with Gasteiger partial charge in [-0.3, -0.25) is 14.5 Å². The predicted molar refractivity (Wildman–Crippen MR) is 57.1 cm³/mol. The summed E-state index contributed by atoms with van der Waals surface area (Å²) in [4.78, 5) is 26.1. The quantitative estimate of drug-likeness (QED) is 0.641. The van der Waals surface area contributed by atoms with Crippen LogP contribution in [0.2, 0.25) is 0 Å². The van der Waals surface area contributed by atoms with Crippen molar-refractivity contribution in [2.75, 3.05) is 40.3 Å². The largest absolute Gasteiger partial charge is 0.480 e. The molecule has 1 N–H and O–H groups in total. The summed E-state index contributed by atoms with van der Waals surface area (Å²) in [5, 5.41) is 9.07. The van der Waals surface area contributed by atoms with E-state index in [9.17, 15) is 9.59 Å². The highest BCUT2D eigenvalue weighted by Crippen LogP contribution is 2.09. The maximum atomic E-state index is 11.1. The molecule has 92 valence electrons. The summed E-state index contributed by atoms with van der Waals surface area (Å²) in [6.45, 7) is 2.99. The molecule has 1 heterocycles. The van der Waals surface area contributed by atoms with Crippen molar-refractivity contribution in [2.45, 2.75) is 12.5 Å². The van der Waals surface area contributed by atoms with Crippen molar-refractivity contribution in [3.8, 4) is 0 Å². The molecule has 0 aromatic heterocycles. The molecule has 1 aliphatic rings. The number of carboxylic acid groups (broad SMARTS) is 1. The van der Waals surface area contributed by atoms with Crippen molar-refractivity contribution in [1.82, 2.24) is 9.80 Å². The molecule has 0 aromatic rings. The SMILES string of the molecule is COC(=O)CC(C(=O)O)N1CCN(C)CC1. The highest BCUT2D eigenvalue weighted by Gasteiger charge is 2.30. The first-order valence-corrected chi connectivity index (χ1v) is 5.27. The Morgan fingerprint density at radius 1 is 1.31 bits per heavy atom. The monoisotopic (exact) mass is 230 g/mol. The number of methoxy groups -OCH3 is 1. The van der Waals surface area contributed by atoms with E-state index in [1.807, 2.05) is 11.9 Å². The number of hydrogen-bond donors (Lipinski definition) is 1. The van der Waals surface area contributed by atoms with Gasteiger partial charge in [0.05, 0.1) is 13.5 Å². The zero-order valence-corrected chi connectivity index (χ0v) is 9.68. The minimum atomic E-state index is -0.963. The van der Waals surface area contributed by atoms with Crippen LogP contribution in [0.4, 0.5) is 0 Å². The Kier molecular flexibility index (Phi) is 4.70. The number of piperazine rings is 1. The number of esters is 1. The van der Waals surface area contributed by atoms with Crippen molar-refractivity contribution in [1.29, 1.82) is 0 Å². The van der Waals surface area contributed by atoms with Crippen LogP contribution in [0.1, 0.15) is 6.42 Å². The van der Waals surface area contributed by atoms with E-state index in [2.05, 4.69) is 9.64 Å². The average Bonchev–Trinajstić information content (AvgIpc) is 2.26. The van der Waals surface area contributed by atoms with Gasteiger partial charge in [-0.05, 0) is 7.05 Å². The molecule has 0 saturated carbocycles. The summed E-state index contributed by atoms with van der Waals surface area (Å²) in [6, 6.07) is -0.763. The molecule has 16 heavy (non-hydrogen) atoms. The summed E-state index contributed by atoms with van der Waals surface area (Å²) in [6.07, 6.45) is -0.0878. The molecule has 1 saturated heterocycles. The van der Waals surface area contributed by atoms with Crippen LogP contribution in [-0.4, -0.2) is 73.2 Å². The Labute approximate surface area is 94.8 Å². The minimum Gasteiger partial charge on any atom is -0.480 e. The Balaban J connectivity index is 2.56. The van der Waals surface area contributed by atoms with Gasteiger partial charge < -0.3 is 14.7 Å². The van der Waals surface area contributed by atoms with E-state index in [1.54, 1.807) is 0 Å². The first-order chi connectivity index (χ1) is 7.54. The third kappa shape index (κ3) is 3.46. The molecule has 0 aromatic carbocycles. The normalized spacial score (nSPS) is 20.4. The number of ether oxygens (including phenoxy) is 1. The molecule has 6 nitrogen and oxygen atoms in total. The van der Waals surface area contributed by atoms with Gasteiger partial charge in [0.1, 0.15) is 6.04 Å². The van der Waals surface area contributed by atoms with Crippen LogP contribution in [0, 0.1) is 0 Å². The van der Waals surface area contributed by atoms with Gasteiger partial charge in [0.2, 0.25) is 0 Å². The third-order valence-corrected chi connectivity index (χ3v) is 2.85. The highest BCUT2D eigenvalue weighted by molar-refractivity contribution is 5.81. The number of rotatable bonds is 4. The van der Waals surface area contributed by atoms with Crippen LogP contribution >= 0.6 is 0 Å². The molecular formula is C10H18N2O4. The molecule has 1 atom stereocenters.